The van der Waals surface area contributed by atoms with Gasteiger partial charge in [-0.2, -0.15) is 0 Å². The van der Waals surface area contributed by atoms with Gasteiger partial charge in [0.15, 0.2) is 0 Å². The third-order valence-electron chi connectivity index (χ3n) is 3.61. The Morgan fingerprint density at radius 2 is 1.53 bits per heavy atom. The van der Waals surface area contributed by atoms with Crippen LogP contribution in [0.4, 0.5) is 0 Å². The van der Waals surface area contributed by atoms with Crippen LogP contribution in [0.25, 0.3) is 0 Å². The number of unbranched alkanes of at least 4 members (excludes halogenated alkanes) is 3. The van der Waals surface area contributed by atoms with Gasteiger partial charge < -0.3 is 10.2 Å². The molecular weight excluding hydrogens is 208 g/mol. The molecule has 0 aromatic heterocycles. The van der Waals surface area contributed by atoms with Crippen molar-refractivity contribution in [1.29, 1.82) is 0 Å². The Morgan fingerprint density at radius 3 is 2.12 bits per heavy atom. The van der Waals surface area contributed by atoms with E-state index in [0.29, 0.717) is 0 Å². The topological polar surface area (TPSA) is 15.3 Å². The van der Waals surface area contributed by atoms with Gasteiger partial charge in [0.1, 0.15) is 0 Å². The van der Waals surface area contributed by atoms with Crippen LogP contribution in [0.5, 0.6) is 0 Å². The predicted octanol–water partition coefficient (Wildman–Crippen LogP) is 3.67. The quantitative estimate of drug-likeness (QED) is 0.525. The Morgan fingerprint density at radius 1 is 0.882 bits per heavy atom. The van der Waals surface area contributed by atoms with E-state index in [-0.39, 0.29) is 0 Å². The van der Waals surface area contributed by atoms with Gasteiger partial charge >= 0.3 is 0 Å². The lowest BCUT2D eigenvalue weighted by Crippen LogP contribution is -2.31. The molecule has 0 heterocycles. The summed E-state index contributed by atoms with van der Waals surface area (Å²) in [5.74, 6) is 0. The minimum atomic E-state index is 0.793. The summed E-state index contributed by atoms with van der Waals surface area (Å²) in [6.45, 7) is 10.5. The van der Waals surface area contributed by atoms with Crippen LogP contribution in [-0.4, -0.2) is 37.6 Å². The van der Waals surface area contributed by atoms with Crippen molar-refractivity contribution in [3.8, 4) is 0 Å². The molecule has 0 fully saturated rings. The third kappa shape index (κ3) is 9.61. The molecule has 0 rings (SSSR count). The molecule has 0 atom stereocenters. The summed E-state index contributed by atoms with van der Waals surface area (Å²) in [5, 5.41) is 3.46. The average molecular weight is 242 g/mol. The predicted molar refractivity (Wildman–Crippen MR) is 78.6 cm³/mol. The lowest BCUT2D eigenvalue weighted by Gasteiger charge is -2.25. The molecule has 0 aliphatic heterocycles. The van der Waals surface area contributed by atoms with Crippen molar-refractivity contribution < 1.29 is 0 Å². The molecule has 0 amide bonds. The van der Waals surface area contributed by atoms with Crippen molar-refractivity contribution in [3.63, 3.8) is 0 Å². The molecule has 1 N–H and O–H groups in total. The van der Waals surface area contributed by atoms with Crippen LogP contribution >= 0.6 is 0 Å². The van der Waals surface area contributed by atoms with Crippen LogP contribution in [0.3, 0.4) is 0 Å². The molecule has 0 aliphatic carbocycles. The fourth-order valence-electron chi connectivity index (χ4n) is 2.36. The molecule has 0 aromatic rings. The number of nitrogens with zero attached hydrogens (tertiary/aromatic N) is 1. The molecule has 0 aromatic carbocycles. The van der Waals surface area contributed by atoms with Crippen molar-refractivity contribution in [2.75, 3.05) is 26.7 Å². The standard InChI is InChI=1S/C15H34N2/c1-5-12-16-13-10-8-9-11-14-17(4)15(6-2)7-3/h15-16H,5-14H2,1-4H3. The SMILES string of the molecule is CCCNCCCCCCN(C)C(CC)CC. The Kier molecular flexibility index (Phi) is 12.3. The Balaban J connectivity index is 3.27. The van der Waals surface area contributed by atoms with Gasteiger partial charge in [-0.1, -0.05) is 33.6 Å². The van der Waals surface area contributed by atoms with E-state index in [9.17, 15) is 0 Å². The zero-order valence-electron chi connectivity index (χ0n) is 12.6. The van der Waals surface area contributed by atoms with Gasteiger partial charge in [0.05, 0.1) is 0 Å². The molecule has 0 bridgehead atoms. The highest BCUT2D eigenvalue weighted by Gasteiger charge is 2.08. The van der Waals surface area contributed by atoms with Gasteiger partial charge in [0.2, 0.25) is 0 Å². The maximum Gasteiger partial charge on any atom is 0.00869 e. The van der Waals surface area contributed by atoms with Crippen LogP contribution < -0.4 is 5.32 Å². The van der Waals surface area contributed by atoms with Gasteiger partial charge in [-0.15, -0.1) is 0 Å². The van der Waals surface area contributed by atoms with Gasteiger partial charge in [0.25, 0.3) is 0 Å². The Labute approximate surface area is 109 Å². The molecule has 0 saturated heterocycles. The van der Waals surface area contributed by atoms with E-state index in [1.54, 1.807) is 0 Å². The number of hydrogen-bond acceptors (Lipinski definition) is 2. The molecular formula is C15H34N2. The third-order valence-corrected chi connectivity index (χ3v) is 3.61. The first-order chi connectivity index (χ1) is 8.26. The summed E-state index contributed by atoms with van der Waals surface area (Å²) in [6, 6.07) is 0.793. The summed E-state index contributed by atoms with van der Waals surface area (Å²) in [6.07, 6.45) is 9.29. The number of nitrogens with one attached hydrogen (secondary N) is 1. The normalized spacial score (nSPS) is 11.6. The summed E-state index contributed by atoms with van der Waals surface area (Å²) >= 11 is 0. The molecule has 0 saturated carbocycles. The van der Waals surface area contributed by atoms with Crippen LogP contribution in [0.1, 0.15) is 65.7 Å². The van der Waals surface area contributed by atoms with E-state index in [1.807, 2.05) is 0 Å². The van der Waals surface area contributed by atoms with Crippen molar-refractivity contribution in [3.05, 3.63) is 0 Å². The number of hydrogen-bond donors (Lipinski definition) is 1. The largest absolute Gasteiger partial charge is 0.317 e. The molecule has 0 unspecified atom stereocenters. The van der Waals surface area contributed by atoms with Gasteiger partial charge in [-0.3, -0.25) is 0 Å². The molecule has 2 heteroatoms. The lowest BCUT2D eigenvalue weighted by molar-refractivity contribution is 0.225. The van der Waals surface area contributed by atoms with Crippen LogP contribution in [0.15, 0.2) is 0 Å². The highest BCUT2D eigenvalue weighted by atomic mass is 15.1. The zero-order chi connectivity index (χ0) is 12.9. The van der Waals surface area contributed by atoms with Crippen molar-refractivity contribution in [1.82, 2.24) is 10.2 Å². The summed E-state index contributed by atoms with van der Waals surface area (Å²) in [7, 11) is 2.28. The fourth-order valence-corrected chi connectivity index (χ4v) is 2.36. The monoisotopic (exact) mass is 242 g/mol. The first kappa shape index (κ1) is 16.9. The minimum Gasteiger partial charge on any atom is -0.317 e. The molecule has 0 aliphatic rings. The van der Waals surface area contributed by atoms with E-state index < -0.39 is 0 Å². The van der Waals surface area contributed by atoms with E-state index in [0.717, 1.165) is 6.04 Å². The van der Waals surface area contributed by atoms with Crippen molar-refractivity contribution in [2.45, 2.75) is 71.8 Å². The van der Waals surface area contributed by atoms with Crippen LogP contribution in [-0.2, 0) is 0 Å². The second-order valence-electron chi connectivity index (χ2n) is 5.12. The Hall–Kier alpha value is -0.0800. The maximum atomic E-state index is 3.46. The van der Waals surface area contributed by atoms with Gasteiger partial charge in [0, 0.05) is 6.04 Å². The molecule has 2 nitrogen and oxygen atoms in total. The van der Waals surface area contributed by atoms with Gasteiger partial charge in [-0.25, -0.2) is 0 Å². The lowest BCUT2D eigenvalue weighted by atomic mass is 10.1. The van der Waals surface area contributed by atoms with E-state index >= 15 is 0 Å². The summed E-state index contributed by atoms with van der Waals surface area (Å²) in [5.41, 5.74) is 0. The fraction of sp³-hybridized carbons (Fsp3) is 1.00. The molecule has 0 spiro atoms. The smallest absolute Gasteiger partial charge is 0.00869 e. The highest BCUT2D eigenvalue weighted by molar-refractivity contribution is 4.64. The highest BCUT2D eigenvalue weighted by Crippen LogP contribution is 2.08. The molecule has 104 valence electrons. The van der Waals surface area contributed by atoms with Crippen molar-refractivity contribution >= 4 is 0 Å². The zero-order valence-corrected chi connectivity index (χ0v) is 12.6. The summed E-state index contributed by atoms with van der Waals surface area (Å²) in [4.78, 5) is 2.54. The van der Waals surface area contributed by atoms with Crippen molar-refractivity contribution in [2.24, 2.45) is 0 Å². The van der Waals surface area contributed by atoms with Gasteiger partial charge in [-0.05, 0) is 58.8 Å². The van der Waals surface area contributed by atoms with Crippen LogP contribution in [0.2, 0.25) is 0 Å². The molecule has 0 radical (unpaired) electrons. The maximum absolute atomic E-state index is 3.46. The average Bonchev–Trinajstić information content (AvgIpc) is 2.34. The minimum absolute atomic E-state index is 0.793. The molecule has 17 heavy (non-hydrogen) atoms. The Bertz CT molecular complexity index is 144. The van der Waals surface area contributed by atoms with E-state index in [2.05, 4.69) is 38.0 Å². The number of rotatable bonds is 12. The second-order valence-corrected chi connectivity index (χ2v) is 5.12. The first-order valence-electron chi connectivity index (χ1n) is 7.67. The van der Waals surface area contributed by atoms with E-state index in [4.69, 9.17) is 0 Å². The van der Waals surface area contributed by atoms with E-state index in [1.165, 1.54) is 64.6 Å². The first-order valence-corrected chi connectivity index (χ1v) is 7.67. The summed E-state index contributed by atoms with van der Waals surface area (Å²) < 4.78 is 0. The van der Waals surface area contributed by atoms with Crippen LogP contribution in [0, 0.1) is 0 Å². The second kappa shape index (κ2) is 12.4.